The lowest BCUT2D eigenvalue weighted by Crippen LogP contribution is -2.58. The number of nitrogens with one attached hydrogen (secondary N) is 1. The monoisotopic (exact) mass is 235 g/mol. The third kappa shape index (κ3) is 1.93. The summed E-state index contributed by atoms with van der Waals surface area (Å²) in [6.45, 7) is 1.51. The first-order valence-corrected chi connectivity index (χ1v) is 5.26. The molecular formula is C11H13N3O3. The second-order valence-corrected chi connectivity index (χ2v) is 4.03. The quantitative estimate of drug-likeness (QED) is 0.668. The van der Waals surface area contributed by atoms with E-state index in [0.717, 1.165) is 0 Å². The van der Waals surface area contributed by atoms with Crippen LogP contribution in [0.3, 0.4) is 0 Å². The van der Waals surface area contributed by atoms with Gasteiger partial charge in [0.15, 0.2) is 0 Å². The summed E-state index contributed by atoms with van der Waals surface area (Å²) in [6.07, 6.45) is 1.74. The van der Waals surface area contributed by atoms with Gasteiger partial charge < -0.3 is 9.47 Å². The van der Waals surface area contributed by atoms with Crippen LogP contribution in [0.1, 0.15) is 17.4 Å². The van der Waals surface area contributed by atoms with E-state index in [1.54, 1.807) is 36.9 Å². The Balaban J connectivity index is 2.27. The molecule has 1 N–H and O–H groups in total. The van der Waals surface area contributed by atoms with Gasteiger partial charge in [-0.25, -0.2) is 0 Å². The van der Waals surface area contributed by atoms with Crippen molar-refractivity contribution in [2.24, 2.45) is 7.05 Å². The molecule has 6 heteroatoms. The molecule has 1 saturated heterocycles. The predicted octanol–water partition coefficient (Wildman–Crippen LogP) is -0.488. The Morgan fingerprint density at radius 2 is 2.18 bits per heavy atom. The molecule has 3 amide bonds. The molecule has 1 aromatic heterocycles. The highest BCUT2D eigenvalue weighted by atomic mass is 16.2. The summed E-state index contributed by atoms with van der Waals surface area (Å²) in [5.41, 5.74) is 0.458. The van der Waals surface area contributed by atoms with E-state index < -0.39 is 17.9 Å². The van der Waals surface area contributed by atoms with Gasteiger partial charge in [-0.3, -0.25) is 19.7 Å². The molecule has 6 nitrogen and oxygen atoms in total. The molecule has 0 aromatic carbocycles. The molecule has 1 unspecified atom stereocenters. The van der Waals surface area contributed by atoms with Crippen LogP contribution >= 0.6 is 0 Å². The number of piperazine rings is 1. The van der Waals surface area contributed by atoms with Crippen molar-refractivity contribution >= 4 is 17.7 Å². The Morgan fingerprint density at radius 1 is 1.47 bits per heavy atom. The molecule has 0 radical (unpaired) electrons. The van der Waals surface area contributed by atoms with Crippen molar-refractivity contribution in [1.82, 2.24) is 14.8 Å². The number of aryl methyl sites for hydroxylation is 1. The van der Waals surface area contributed by atoms with E-state index in [2.05, 4.69) is 5.32 Å². The zero-order valence-corrected chi connectivity index (χ0v) is 9.64. The maximum Gasteiger partial charge on any atom is 0.271 e. The SMILES string of the molecule is CC1C(=O)NC(=O)CN1C(=O)c1cccn1C. The Hall–Kier alpha value is -2.11. The Kier molecular flexibility index (Phi) is 2.71. The number of imide groups is 1. The van der Waals surface area contributed by atoms with Gasteiger partial charge in [0, 0.05) is 13.2 Å². The van der Waals surface area contributed by atoms with Crippen molar-refractivity contribution in [3.63, 3.8) is 0 Å². The minimum absolute atomic E-state index is 0.0864. The number of amides is 3. The lowest BCUT2D eigenvalue weighted by Gasteiger charge is -2.31. The lowest BCUT2D eigenvalue weighted by molar-refractivity contribution is -0.138. The molecule has 1 aliphatic heterocycles. The van der Waals surface area contributed by atoms with Gasteiger partial charge in [-0.1, -0.05) is 0 Å². The lowest BCUT2D eigenvalue weighted by atomic mass is 10.2. The molecule has 1 atom stereocenters. The Morgan fingerprint density at radius 3 is 2.76 bits per heavy atom. The number of hydrogen-bond donors (Lipinski definition) is 1. The minimum Gasteiger partial charge on any atom is -0.347 e. The molecule has 2 heterocycles. The molecule has 0 bridgehead atoms. The predicted molar refractivity (Wildman–Crippen MR) is 59.1 cm³/mol. The van der Waals surface area contributed by atoms with Crippen molar-refractivity contribution in [1.29, 1.82) is 0 Å². The second kappa shape index (κ2) is 4.04. The number of aromatic nitrogens is 1. The van der Waals surface area contributed by atoms with Crippen LogP contribution in [0.4, 0.5) is 0 Å². The summed E-state index contributed by atoms with van der Waals surface area (Å²) in [5, 5.41) is 2.20. The van der Waals surface area contributed by atoms with Crippen molar-refractivity contribution in [3.05, 3.63) is 24.0 Å². The molecule has 0 saturated carbocycles. The first-order chi connectivity index (χ1) is 8.00. The van der Waals surface area contributed by atoms with Crippen molar-refractivity contribution < 1.29 is 14.4 Å². The van der Waals surface area contributed by atoms with Crippen molar-refractivity contribution in [2.45, 2.75) is 13.0 Å². The van der Waals surface area contributed by atoms with Crippen LogP contribution in [0.2, 0.25) is 0 Å². The third-order valence-corrected chi connectivity index (χ3v) is 2.85. The van der Waals surface area contributed by atoms with E-state index in [1.807, 2.05) is 0 Å². The summed E-state index contributed by atoms with van der Waals surface area (Å²) >= 11 is 0. The summed E-state index contributed by atoms with van der Waals surface area (Å²) in [6, 6.07) is 2.77. The van der Waals surface area contributed by atoms with Gasteiger partial charge >= 0.3 is 0 Å². The van der Waals surface area contributed by atoms with Gasteiger partial charge in [0.05, 0.1) is 0 Å². The van der Waals surface area contributed by atoms with Gasteiger partial charge in [0.2, 0.25) is 11.8 Å². The summed E-state index contributed by atoms with van der Waals surface area (Å²) in [4.78, 5) is 36.1. The average Bonchev–Trinajstić information content (AvgIpc) is 2.69. The van der Waals surface area contributed by atoms with Crippen LogP contribution in [0, 0.1) is 0 Å². The van der Waals surface area contributed by atoms with Gasteiger partial charge in [0.25, 0.3) is 5.91 Å². The fourth-order valence-electron chi connectivity index (χ4n) is 1.79. The molecule has 0 aliphatic carbocycles. The van der Waals surface area contributed by atoms with E-state index >= 15 is 0 Å². The highest BCUT2D eigenvalue weighted by Crippen LogP contribution is 2.11. The highest BCUT2D eigenvalue weighted by Gasteiger charge is 2.34. The van der Waals surface area contributed by atoms with Gasteiger partial charge in [-0.2, -0.15) is 0 Å². The van der Waals surface area contributed by atoms with Crippen LogP contribution in [0.5, 0.6) is 0 Å². The molecule has 2 rings (SSSR count). The van der Waals surface area contributed by atoms with E-state index in [4.69, 9.17) is 0 Å². The molecule has 17 heavy (non-hydrogen) atoms. The van der Waals surface area contributed by atoms with E-state index in [1.165, 1.54) is 4.90 Å². The third-order valence-electron chi connectivity index (χ3n) is 2.85. The number of carbonyl (C=O) groups is 3. The summed E-state index contributed by atoms with van der Waals surface area (Å²) < 4.78 is 1.66. The van der Waals surface area contributed by atoms with Gasteiger partial charge in [-0.15, -0.1) is 0 Å². The maximum atomic E-state index is 12.2. The first kappa shape index (κ1) is 11.4. The summed E-state index contributed by atoms with van der Waals surface area (Å²) in [7, 11) is 1.74. The van der Waals surface area contributed by atoms with Crippen molar-refractivity contribution in [3.8, 4) is 0 Å². The number of nitrogens with zero attached hydrogens (tertiary/aromatic N) is 2. The number of carbonyl (C=O) groups excluding carboxylic acids is 3. The standard InChI is InChI=1S/C11H13N3O3/c1-7-10(16)12-9(15)6-14(7)11(17)8-4-3-5-13(8)2/h3-5,7H,6H2,1-2H3,(H,12,15,16). The highest BCUT2D eigenvalue weighted by molar-refractivity contribution is 6.06. The molecular weight excluding hydrogens is 222 g/mol. The molecule has 0 spiro atoms. The molecule has 1 fully saturated rings. The van der Waals surface area contributed by atoms with Crippen molar-refractivity contribution in [2.75, 3.05) is 6.54 Å². The fraction of sp³-hybridized carbons (Fsp3) is 0.364. The van der Waals surface area contributed by atoms with Crippen LogP contribution in [-0.2, 0) is 16.6 Å². The van der Waals surface area contributed by atoms with Crippen LogP contribution < -0.4 is 5.32 Å². The van der Waals surface area contributed by atoms with E-state index in [0.29, 0.717) is 5.69 Å². The maximum absolute atomic E-state index is 12.2. The normalized spacial score (nSPS) is 20.4. The topological polar surface area (TPSA) is 71.4 Å². The second-order valence-electron chi connectivity index (χ2n) is 4.03. The molecule has 1 aromatic rings. The Bertz CT molecular complexity index is 492. The zero-order chi connectivity index (χ0) is 12.6. The molecule has 90 valence electrons. The summed E-state index contributed by atoms with van der Waals surface area (Å²) in [5.74, 6) is -1.20. The number of rotatable bonds is 1. The van der Waals surface area contributed by atoms with Gasteiger partial charge in [-0.05, 0) is 19.1 Å². The average molecular weight is 235 g/mol. The van der Waals surface area contributed by atoms with Crippen LogP contribution in [0.25, 0.3) is 0 Å². The smallest absolute Gasteiger partial charge is 0.271 e. The molecule has 1 aliphatic rings. The zero-order valence-electron chi connectivity index (χ0n) is 9.64. The van der Waals surface area contributed by atoms with Crippen LogP contribution in [0.15, 0.2) is 18.3 Å². The number of hydrogen-bond acceptors (Lipinski definition) is 3. The minimum atomic E-state index is -0.630. The largest absolute Gasteiger partial charge is 0.347 e. The first-order valence-electron chi connectivity index (χ1n) is 5.26. The van der Waals surface area contributed by atoms with E-state index in [-0.39, 0.29) is 12.5 Å². The fourth-order valence-corrected chi connectivity index (χ4v) is 1.79. The van der Waals surface area contributed by atoms with Crippen LogP contribution in [-0.4, -0.2) is 39.8 Å². The Labute approximate surface area is 98.2 Å². The van der Waals surface area contributed by atoms with Gasteiger partial charge in [0.1, 0.15) is 18.3 Å². The van der Waals surface area contributed by atoms with E-state index in [9.17, 15) is 14.4 Å².